The van der Waals surface area contributed by atoms with E-state index in [2.05, 4.69) is 4.90 Å². The first-order valence-corrected chi connectivity index (χ1v) is 10.4. The van der Waals surface area contributed by atoms with Crippen LogP contribution < -0.4 is 15.5 Å². The van der Waals surface area contributed by atoms with Crippen LogP contribution >= 0.6 is 0 Å². The maximum absolute atomic E-state index is 12.7. The molecule has 2 amide bonds. The number of amides is 2. The van der Waals surface area contributed by atoms with Gasteiger partial charge in [-0.3, -0.25) is 9.59 Å². The van der Waals surface area contributed by atoms with Crippen LogP contribution in [0.2, 0.25) is 0 Å². The highest BCUT2D eigenvalue weighted by atomic mass is 16.2. The lowest BCUT2D eigenvalue weighted by atomic mass is 10.1. The standard InChI is InChI=1S/C25H26N4O2/c1-27(20-10-6-3-7-11-20)23-18-21(12-13-22(23)24(26)30)28-14-16-29(17-15-28)25(31)19-8-4-2-5-9-19/h2-13,18H,14-17H2,1H3,(H2,26,30). The van der Waals surface area contributed by atoms with Gasteiger partial charge < -0.3 is 20.4 Å². The van der Waals surface area contributed by atoms with Crippen LogP contribution in [0.25, 0.3) is 0 Å². The predicted molar refractivity (Wildman–Crippen MR) is 124 cm³/mol. The van der Waals surface area contributed by atoms with Crippen LogP contribution in [0.3, 0.4) is 0 Å². The van der Waals surface area contributed by atoms with Crippen molar-refractivity contribution in [2.24, 2.45) is 5.73 Å². The molecular formula is C25H26N4O2. The Morgan fingerprint density at radius 2 is 1.45 bits per heavy atom. The Morgan fingerprint density at radius 1 is 0.839 bits per heavy atom. The maximum Gasteiger partial charge on any atom is 0.253 e. The summed E-state index contributed by atoms with van der Waals surface area (Å²) in [7, 11) is 1.93. The van der Waals surface area contributed by atoms with Crippen LogP contribution in [0, 0.1) is 0 Å². The summed E-state index contributed by atoms with van der Waals surface area (Å²) in [6, 6.07) is 25.0. The second-order valence-corrected chi connectivity index (χ2v) is 7.61. The highest BCUT2D eigenvalue weighted by Crippen LogP contribution is 2.31. The Morgan fingerprint density at radius 3 is 2.06 bits per heavy atom. The van der Waals surface area contributed by atoms with E-state index in [4.69, 9.17) is 5.73 Å². The summed E-state index contributed by atoms with van der Waals surface area (Å²) >= 11 is 0. The number of piperazine rings is 1. The maximum atomic E-state index is 12.7. The quantitative estimate of drug-likeness (QED) is 0.694. The van der Waals surface area contributed by atoms with Crippen molar-refractivity contribution in [3.63, 3.8) is 0 Å². The van der Waals surface area contributed by atoms with Crippen molar-refractivity contribution in [1.29, 1.82) is 0 Å². The number of anilines is 3. The fourth-order valence-corrected chi connectivity index (χ4v) is 3.92. The topological polar surface area (TPSA) is 69.9 Å². The molecule has 0 spiro atoms. The third-order valence-electron chi connectivity index (χ3n) is 5.70. The van der Waals surface area contributed by atoms with Crippen molar-refractivity contribution in [2.45, 2.75) is 0 Å². The Kier molecular flexibility index (Phi) is 5.89. The number of nitrogens with two attached hydrogens (primary N) is 1. The number of carbonyl (C=O) groups excluding carboxylic acids is 2. The summed E-state index contributed by atoms with van der Waals surface area (Å²) in [5, 5.41) is 0. The molecule has 0 radical (unpaired) electrons. The molecule has 0 aliphatic carbocycles. The van der Waals surface area contributed by atoms with Gasteiger partial charge in [0.25, 0.3) is 11.8 Å². The normalized spacial score (nSPS) is 13.7. The lowest BCUT2D eigenvalue weighted by molar-refractivity contribution is 0.0746. The minimum absolute atomic E-state index is 0.0637. The van der Waals surface area contributed by atoms with Gasteiger partial charge >= 0.3 is 0 Å². The summed E-state index contributed by atoms with van der Waals surface area (Å²) in [4.78, 5) is 30.8. The Balaban J connectivity index is 1.53. The smallest absolute Gasteiger partial charge is 0.253 e. The van der Waals surface area contributed by atoms with Crippen LogP contribution in [0.4, 0.5) is 17.1 Å². The first-order valence-electron chi connectivity index (χ1n) is 10.4. The van der Waals surface area contributed by atoms with E-state index in [9.17, 15) is 9.59 Å². The highest BCUT2D eigenvalue weighted by molar-refractivity contribution is 6.00. The number of para-hydroxylation sites is 1. The molecule has 158 valence electrons. The van der Waals surface area contributed by atoms with E-state index < -0.39 is 5.91 Å². The SMILES string of the molecule is CN(c1ccccc1)c1cc(N2CCN(C(=O)c3ccccc3)CC2)ccc1C(N)=O. The van der Waals surface area contributed by atoms with E-state index in [1.807, 2.05) is 89.6 Å². The number of primary amides is 1. The lowest BCUT2D eigenvalue weighted by Crippen LogP contribution is -2.48. The first-order chi connectivity index (χ1) is 15.0. The molecule has 0 saturated carbocycles. The van der Waals surface area contributed by atoms with Gasteiger partial charge in [-0.25, -0.2) is 0 Å². The Labute approximate surface area is 182 Å². The summed E-state index contributed by atoms with van der Waals surface area (Å²) in [6.45, 7) is 2.75. The van der Waals surface area contributed by atoms with Gasteiger partial charge in [-0.2, -0.15) is 0 Å². The number of rotatable bonds is 5. The number of hydrogen-bond acceptors (Lipinski definition) is 4. The second-order valence-electron chi connectivity index (χ2n) is 7.61. The molecule has 3 aromatic carbocycles. The molecule has 6 nitrogen and oxygen atoms in total. The molecule has 1 fully saturated rings. The average molecular weight is 415 g/mol. The van der Waals surface area contributed by atoms with Crippen molar-refractivity contribution in [3.8, 4) is 0 Å². The molecule has 2 N–H and O–H groups in total. The van der Waals surface area contributed by atoms with Gasteiger partial charge in [0.15, 0.2) is 0 Å². The molecule has 4 rings (SSSR count). The van der Waals surface area contributed by atoms with Crippen molar-refractivity contribution < 1.29 is 9.59 Å². The minimum atomic E-state index is -0.456. The summed E-state index contributed by atoms with van der Waals surface area (Å²) < 4.78 is 0. The molecule has 6 heteroatoms. The molecule has 1 saturated heterocycles. The zero-order valence-electron chi connectivity index (χ0n) is 17.6. The largest absolute Gasteiger partial charge is 0.368 e. The Hall–Kier alpha value is -3.80. The van der Waals surface area contributed by atoms with Crippen LogP contribution in [0.1, 0.15) is 20.7 Å². The summed E-state index contributed by atoms with van der Waals surface area (Å²) in [6.07, 6.45) is 0. The van der Waals surface area contributed by atoms with E-state index in [1.165, 1.54) is 0 Å². The molecule has 0 aromatic heterocycles. The van der Waals surface area contributed by atoms with Gasteiger partial charge in [0, 0.05) is 50.2 Å². The number of nitrogens with zero attached hydrogens (tertiary/aromatic N) is 3. The second kappa shape index (κ2) is 8.92. The molecule has 0 atom stereocenters. The third-order valence-corrected chi connectivity index (χ3v) is 5.70. The van der Waals surface area contributed by atoms with Crippen molar-refractivity contribution in [2.75, 3.05) is 43.0 Å². The molecule has 1 heterocycles. The molecule has 3 aromatic rings. The Bertz CT molecular complexity index is 1060. The van der Waals surface area contributed by atoms with E-state index >= 15 is 0 Å². The average Bonchev–Trinajstić information content (AvgIpc) is 2.84. The van der Waals surface area contributed by atoms with Crippen LogP contribution in [-0.2, 0) is 0 Å². The van der Waals surface area contributed by atoms with Gasteiger partial charge in [-0.05, 0) is 42.5 Å². The fraction of sp³-hybridized carbons (Fsp3) is 0.200. The van der Waals surface area contributed by atoms with Gasteiger partial charge in [0.05, 0.1) is 11.3 Å². The number of carbonyl (C=O) groups is 2. The fourth-order valence-electron chi connectivity index (χ4n) is 3.92. The predicted octanol–water partition coefficient (Wildman–Crippen LogP) is 3.52. The molecule has 31 heavy (non-hydrogen) atoms. The summed E-state index contributed by atoms with van der Waals surface area (Å²) in [5.41, 5.74) is 9.58. The van der Waals surface area contributed by atoms with Crippen LogP contribution in [-0.4, -0.2) is 49.9 Å². The molecule has 1 aliphatic rings. The summed E-state index contributed by atoms with van der Waals surface area (Å²) in [5.74, 6) is -0.392. The van der Waals surface area contributed by atoms with Gasteiger partial charge in [0.1, 0.15) is 0 Å². The lowest BCUT2D eigenvalue weighted by Gasteiger charge is -2.36. The van der Waals surface area contributed by atoms with Gasteiger partial charge in [0.2, 0.25) is 0 Å². The molecule has 0 bridgehead atoms. The minimum Gasteiger partial charge on any atom is -0.368 e. The molecule has 0 unspecified atom stereocenters. The van der Waals surface area contributed by atoms with E-state index in [-0.39, 0.29) is 5.91 Å². The van der Waals surface area contributed by atoms with E-state index in [0.717, 1.165) is 30.2 Å². The monoisotopic (exact) mass is 414 g/mol. The van der Waals surface area contributed by atoms with E-state index in [1.54, 1.807) is 6.07 Å². The van der Waals surface area contributed by atoms with Gasteiger partial charge in [-0.15, -0.1) is 0 Å². The van der Waals surface area contributed by atoms with Crippen LogP contribution in [0.15, 0.2) is 78.9 Å². The number of benzene rings is 3. The van der Waals surface area contributed by atoms with Crippen molar-refractivity contribution in [3.05, 3.63) is 90.0 Å². The zero-order chi connectivity index (χ0) is 21.8. The zero-order valence-corrected chi connectivity index (χ0v) is 17.6. The third kappa shape index (κ3) is 4.38. The number of hydrogen-bond donors (Lipinski definition) is 1. The van der Waals surface area contributed by atoms with E-state index in [0.29, 0.717) is 24.2 Å². The highest BCUT2D eigenvalue weighted by Gasteiger charge is 2.23. The van der Waals surface area contributed by atoms with Crippen LogP contribution in [0.5, 0.6) is 0 Å². The molecule has 1 aliphatic heterocycles. The first kappa shape index (κ1) is 20.5. The van der Waals surface area contributed by atoms with Crippen molar-refractivity contribution >= 4 is 28.9 Å². The van der Waals surface area contributed by atoms with Crippen molar-refractivity contribution in [1.82, 2.24) is 4.90 Å². The molecular weight excluding hydrogens is 388 g/mol. The van der Waals surface area contributed by atoms with Gasteiger partial charge in [-0.1, -0.05) is 36.4 Å².